The van der Waals surface area contributed by atoms with Crippen LogP contribution in [0.2, 0.25) is 0 Å². The van der Waals surface area contributed by atoms with Gasteiger partial charge in [-0.25, -0.2) is 16.8 Å². The van der Waals surface area contributed by atoms with Crippen LogP contribution in [0.15, 0.2) is 60.7 Å². The van der Waals surface area contributed by atoms with Gasteiger partial charge in [-0.3, -0.25) is 0 Å². The van der Waals surface area contributed by atoms with Crippen molar-refractivity contribution in [3.05, 3.63) is 71.8 Å². The fraction of sp³-hybridized carbons (Fsp3) is 0.250. The number of rotatable bonds is 9. The molecular formula is C16H20N2O4S4. The van der Waals surface area contributed by atoms with Crippen LogP contribution in [0.25, 0.3) is 0 Å². The van der Waals surface area contributed by atoms with Crippen molar-refractivity contribution in [2.45, 2.75) is 24.3 Å². The van der Waals surface area contributed by atoms with E-state index in [1.807, 2.05) is 12.1 Å². The van der Waals surface area contributed by atoms with E-state index >= 15 is 0 Å². The van der Waals surface area contributed by atoms with Gasteiger partial charge in [0.1, 0.15) is 0 Å². The molecule has 142 valence electrons. The van der Waals surface area contributed by atoms with E-state index in [4.69, 9.17) is 0 Å². The van der Waals surface area contributed by atoms with Crippen molar-refractivity contribution in [1.82, 2.24) is 8.25 Å². The molecule has 0 aliphatic carbocycles. The Kier molecular flexibility index (Phi) is 7.56. The summed E-state index contributed by atoms with van der Waals surface area (Å²) in [6.07, 6.45) is 0. The summed E-state index contributed by atoms with van der Waals surface area (Å²) in [4.78, 5) is 0. The molecule has 0 aliphatic heterocycles. The average Bonchev–Trinajstić information content (AvgIpc) is 2.65. The fourth-order valence-corrected chi connectivity index (χ4v) is 7.62. The van der Waals surface area contributed by atoms with Crippen LogP contribution in [0.4, 0.5) is 0 Å². The van der Waals surface area contributed by atoms with E-state index in [2.05, 4.69) is 8.25 Å². The van der Waals surface area contributed by atoms with Gasteiger partial charge < -0.3 is 0 Å². The Balaban J connectivity index is 1.89. The molecule has 0 fully saturated rings. The SMILES string of the molecule is CC(c1ccccc1)S(=O)(=O)NSSNS(=O)(=O)C(C)c1ccccc1. The lowest BCUT2D eigenvalue weighted by Crippen LogP contribution is -2.25. The third-order valence-electron chi connectivity index (χ3n) is 3.81. The van der Waals surface area contributed by atoms with E-state index in [1.54, 1.807) is 62.4 Å². The number of hydrogen-bond acceptors (Lipinski definition) is 6. The highest BCUT2D eigenvalue weighted by molar-refractivity contribution is 8.77. The molecule has 0 heterocycles. The van der Waals surface area contributed by atoms with Crippen molar-refractivity contribution in [1.29, 1.82) is 0 Å². The predicted molar refractivity (Wildman–Crippen MR) is 109 cm³/mol. The zero-order valence-electron chi connectivity index (χ0n) is 14.2. The maximum absolute atomic E-state index is 12.3. The maximum atomic E-state index is 12.3. The number of nitrogens with one attached hydrogen (secondary N) is 2. The van der Waals surface area contributed by atoms with Crippen molar-refractivity contribution in [2.75, 3.05) is 0 Å². The van der Waals surface area contributed by atoms with E-state index < -0.39 is 30.5 Å². The Labute approximate surface area is 162 Å². The van der Waals surface area contributed by atoms with Crippen LogP contribution in [0.1, 0.15) is 35.5 Å². The predicted octanol–water partition coefficient (Wildman–Crippen LogP) is 3.56. The molecule has 0 radical (unpaired) electrons. The summed E-state index contributed by atoms with van der Waals surface area (Å²) in [6, 6.07) is 17.6. The molecule has 2 aromatic carbocycles. The van der Waals surface area contributed by atoms with Gasteiger partial charge in [-0.15, -0.1) is 8.25 Å². The van der Waals surface area contributed by atoms with Gasteiger partial charge in [0.05, 0.1) is 10.5 Å². The molecule has 6 nitrogen and oxygen atoms in total. The third-order valence-corrected chi connectivity index (χ3v) is 10.2. The summed E-state index contributed by atoms with van der Waals surface area (Å²) in [5.41, 5.74) is 1.31. The van der Waals surface area contributed by atoms with Crippen LogP contribution >= 0.6 is 22.0 Å². The minimum absolute atomic E-state index is 0.656. The standard InChI is InChI=1S/C16H20N2O4S4/c1-13(15-9-5-3-6-10-15)25(19,20)17-23-24-18-26(21,22)14(2)16-11-7-4-8-12-16/h3-14,17-18H,1-2H3. The summed E-state index contributed by atoms with van der Waals surface area (Å²) in [5, 5.41) is -1.51. The summed E-state index contributed by atoms with van der Waals surface area (Å²) in [5.74, 6) is 0. The zero-order chi connectivity index (χ0) is 19.2. The zero-order valence-corrected chi connectivity index (χ0v) is 17.5. The van der Waals surface area contributed by atoms with Gasteiger partial charge in [0.25, 0.3) is 0 Å². The summed E-state index contributed by atoms with van der Waals surface area (Å²) < 4.78 is 53.8. The summed E-state index contributed by atoms with van der Waals surface area (Å²) in [7, 11) is -5.87. The first-order valence-corrected chi connectivity index (χ1v) is 12.9. The molecule has 2 N–H and O–H groups in total. The van der Waals surface area contributed by atoms with Gasteiger partial charge in [0.2, 0.25) is 20.0 Å². The highest BCUT2D eigenvalue weighted by Crippen LogP contribution is 2.27. The van der Waals surface area contributed by atoms with Crippen LogP contribution in [0, 0.1) is 0 Å². The molecular weight excluding hydrogens is 412 g/mol. The molecule has 2 unspecified atom stereocenters. The fourth-order valence-electron chi connectivity index (χ4n) is 2.08. The van der Waals surface area contributed by atoms with Crippen LogP contribution < -0.4 is 8.25 Å². The number of hydrogen-bond donors (Lipinski definition) is 2. The molecule has 10 heteroatoms. The summed E-state index contributed by atoms with van der Waals surface area (Å²) in [6.45, 7) is 3.15. The van der Waals surface area contributed by atoms with Crippen molar-refractivity contribution < 1.29 is 16.8 Å². The number of benzene rings is 2. The van der Waals surface area contributed by atoms with Gasteiger partial charge in [0.15, 0.2) is 0 Å². The quantitative estimate of drug-likeness (QED) is 0.358. The van der Waals surface area contributed by atoms with Crippen molar-refractivity contribution >= 4 is 42.0 Å². The molecule has 2 aromatic rings. The lowest BCUT2D eigenvalue weighted by atomic mass is 10.2. The van der Waals surface area contributed by atoms with E-state index in [0.717, 1.165) is 0 Å². The second-order valence-corrected chi connectivity index (χ2v) is 11.8. The summed E-state index contributed by atoms with van der Waals surface area (Å²) >= 11 is 0. The molecule has 0 bridgehead atoms. The van der Waals surface area contributed by atoms with Gasteiger partial charge >= 0.3 is 0 Å². The smallest absolute Gasteiger partial charge is 0.211 e. The molecule has 0 spiro atoms. The Bertz CT molecular complexity index is 826. The lowest BCUT2D eigenvalue weighted by Gasteiger charge is -2.15. The van der Waals surface area contributed by atoms with Gasteiger partial charge in [0, 0.05) is 22.0 Å². The number of sulfonamides is 2. The van der Waals surface area contributed by atoms with E-state index in [9.17, 15) is 16.8 Å². The van der Waals surface area contributed by atoms with E-state index in [-0.39, 0.29) is 0 Å². The second-order valence-electron chi connectivity index (χ2n) is 5.53. The first-order chi connectivity index (χ1) is 12.2. The minimum atomic E-state index is -3.65. The molecule has 2 atom stereocenters. The van der Waals surface area contributed by atoms with Crippen molar-refractivity contribution in [3.8, 4) is 0 Å². The first kappa shape index (κ1) is 21.3. The normalized spacial score (nSPS) is 14.7. The largest absolute Gasteiger partial charge is 0.228 e. The Morgan fingerprint density at radius 2 is 0.962 bits per heavy atom. The van der Waals surface area contributed by atoms with Gasteiger partial charge in [-0.05, 0) is 25.0 Å². The van der Waals surface area contributed by atoms with E-state index in [1.165, 1.54) is 0 Å². The Morgan fingerprint density at radius 1 is 0.654 bits per heavy atom. The van der Waals surface area contributed by atoms with Gasteiger partial charge in [-0.1, -0.05) is 60.7 Å². The lowest BCUT2D eigenvalue weighted by molar-refractivity contribution is 0.582. The minimum Gasteiger partial charge on any atom is -0.211 e. The molecule has 0 saturated carbocycles. The highest BCUT2D eigenvalue weighted by Gasteiger charge is 2.25. The first-order valence-electron chi connectivity index (χ1n) is 7.67. The van der Waals surface area contributed by atoms with Crippen LogP contribution in [-0.2, 0) is 20.0 Å². The van der Waals surface area contributed by atoms with E-state index in [0.29, 0.717) is 33.1 Å². The molecule has 0 aliphatic rings. The second kappa shape index (κ2) is 9.25. The molecule has 0 amide bonds. The molecule has 0 saturated heterocycles. The molecule has 0 aromatic heterocycles. The van der Waals surface area contributed by atoms with Crippen molar-refractivity contribution in [3.63, 3.8) is 0 Å². The average molecular weight is 433 g/mol. The molecule has 2 rings (SSSR count). The van der Waals surface area contributed by atoms with Crippen LogP contribution in [0.3, 0.4) is 0 Å². The van der Waals surface area contributed by atoms with Gasteiger partial charge in [-0.2, -0.15) is 0 Å². The molecule has 26 heavy (non-hydrogen) atoms. The van der Waals surface area contributed by atoms with Crippen molar-refractivity contribution in [2.24, 2.45) is 0 Å². The Hall–Kier alpha value is -1.04. The maximum Gasteiger partial charge on any atom is 0.228 e. The Morgan fingerprint density at radius 3 is 1.27 bits per heavy atom. The van der Waals surface area contributed by atoms with Crippen LogP contribution in [-0.4, -0.2) is 16.8 Å². The van der Waals surface area contributed by atoms with Crippen LogP contribution in [0.5, 0.6) is 0 Å². The topological polar surface area (TPSA) is 92.3 Å². The monoisotopic (exact) mass is 432 g/mol. The third kappa shape index (κ3) is 5.73. The highest BCUT2D eigenvalue weighted by atomic mass is 33.1.